The van der Waals surface area contributed by atoms with Gasteiger partial charge in [0.25, 0.3) is 0 Å². The number of nitrogens with zero attached hydrogens (tertiary/aromatic N) is 4. The van der Waals surface area contributed by atoms with Crippen molar-refractivity contribution in [3.63, 3.8) is 0 Å². The van der Waals surface area contributed by atoms with Gasteiger partial charge in [0.1, 0.15) is 5.69 Å². The van der Waals surface area contributed by atoms with E-state index in [1.54, 1.807) is 12.4 Å². The Labute approximate surface area is 164 Å². The zero-order valence-electron chi connectivity index (χ0n) is 16.1. The monoisotopic (exact) mass is 373 g/mol. The fraction of sp³-hybridized carbons (Fsp3) is 0.273. The Morgan fingerprint density at radius 1 is 1.18 bits per heavy atom. The number of pyridine rings is 1. The third-order valence-corrected chi connectivity index (χ3v) is 5.10. The predicted octanol–water partition coefficient (Wildman–Crippen LogP) is 3.06. The summed E-state index contributed by atoms with van der Waals surface area (Å²) in [7, 11) is 0. The van der Waals surface area contributed by atoms with Crippen molar-refractivity contribution in [2.24, 2.45) is 0 Å². The second kappa shape index (κ2) is 7.38. The second-order valence-corrected chi connectivity index (χ2v) is 7.32. The minimum atomic E-state index is 0.0281. The minimum absolute atomic E-state index is 0.0281. The molecule has 0 aliphatic carbocycles. The number of aryl methyl sites for hydroxylation is 2. The number of anilines is 2. The lowest BCUT2D eigenvalue weighted by Crippen LogP contribution is -2.32. The number of fused-ring (bicyclic) bond motifs is 1. The minimum Gasteiger partial charge on any atom is -0.368 e. The number of nitrogens with two attached hydrogens (primary N) is 1. The lowest BCUT2D eigenvalue weighted by Gasteiger charge is -2.31. The molecule has 3 aromatic rings. The lowest BCUT2D eigenvalue weighted by atomic mass is 10.0. The molecule has 0 fully saturated rings. The summed E-state index contributed by atoms with van der Waals surface area (Å²) in [6, 6.07) is 9.94. The Balaban J connectivity index is 1.57. The number of hydrogen-bond donors (Lipinski definition) is 1. The highest BCUT2D eigenvalue weighted by atomic mass is 16.1. The quantitative estimate of drug-likeness (QED) is 0.708. The van der Waals surface area contributed by atoms with E-state index in [1.807, 2.05) is 44.2 Å². The first kappa shape index (κ1) is 18.1. The topological polar surface area (TPSA) is 85.0 Å². The van der Waals surface area contributed by atoms with E-state index in [4.69, 9.17) is 5.73 Å². The Hall–Kier alpha value is -3.28. The first-order valence-electron chi connectivity index (χ1n) is 9.40. The third kappa shape index (κ3) is 3.71. The summed E-state index contributed by atoms with van der Waals surface area (Å²) in [5, 5.41) is 0. The van der Waals surface area contributed by atoms with Crippen molar-refractivity contribution in [2.75, 3.05) is 17.2 Å². The number of hydrogen-bond acceptors (Lipinski definition) is 6. The van der Waals surface area contributed by atoms with Crippen LogP contribution in [0.5, 0.6) is 0 Å². The largest absolute Gasteiger partial charge is 0.368 e. The van der Waals surface area contributed by atoms with Gasteiger partial charge in [-0.1, -0.05) is 29.8 Å². The number of carbonyl (C=O) groups is 1. The molecule has 3 heterocycles. The van der Waals surface area contributed by atoms with E-state index < -0.39 is 0 Å². The van der Waals surface area contributed by atoms with Crippen molar-refractivity contribution in [3.05, 3.63) is 76.4 Å². The second-order valence-electron chi connectivity index (χ2n) is 7.32. The molecule has 0 atom stereocenters. The van der Waals surface area contributed by atoms with E-state index in [-0.39, 0.29) is 5.78 Å². The molecule has 0 radical (unpaired) electrons. The van der Waals surface area contributed by atoms with Gasteiger partial charge in [-0.05, 0) is 31.0 Å². The average Bonchev–Trinajstić information content (AvgIpc) is 2.68. The zero-order valence-corrected chi connectivity index (χ0v) is 16.1. The van der Waals surface area contributed by atoms with E-state index in [0.717, 1.165) is 46.6 Å². The maximum absolute atomic E-state index is 12.8. The molecular formula is C22H23N5O. The summed E-state index contributed by atoms with van der Waals surface area (Å²) < 4.78 is 0. The molecule has 1 aliphatic heterocycles. The van der Waals surface area contributed by atoms with Crippen LogP contribution < -0.4 is 10.6 Å². The number of rotatable bonds is 4. The van der Waals surface area contributed by atoms with Gasteiger partial charge < -0.3 is 10.6 Å². The summed E-state index contributed by atoms with van der Waals surface area (Å²) in [5.41, 5.74) is 12.5. The fourth-order valence-corrected chi connectivity index (χ4v) is 3.64. The molecule has 0 spiro atoms. The standard InChI is InChI=1S/C22H23N5O/c1-14-4-3-5-16(8-14)9-21(28)19-10-20(15(2)11-24-19)27-7-6-18-17(13-27)12-25-22(23)26-18/h3-5,8,10-12H,6-7,9,13H2,1-2H3,(H2,23,25,26). The number of carbonyl (C=O) groups excluding carboxylic acids is 1. The van der Waals surface area contributed by atoms with Crippen LogP contribution in [0.1, 0.15) is 38.4 Å². The van der Waals surface area contributed by atoms with Crippen LogP contribution in [-0.4, -0.2) is 27.3 Å². The number of benzene rings is 1. The summed E-state index contributed by atoms with van der Waals surface area (Å²) in [4.78, 5) is 27.9. The van der Waals surface area contributed by atoms with E-state index in [9.17, 15) is 4.79 Å². The summed E-state index contributed by atoms with van der Waals surface area (Å²) in [5.74, 6) is 0.344. The molecule has 142 valence electrons. The van der Waals surface area contributed by atoms with Crippen LogP contribution >= 0.6 is 0 Å². The Morgan fingerprint density at radius 2 is 2.04 bits per heavy atom. The van der Waals surface area contributed by atoms with Gasteiger partial charge in [0, 0.05) is 49.6 Å². The van der Waals surface area contributed by atoms with Gasteiger partial charge in [-0.15, -0.1) is 0 Å². The van der Waals surface area contributed by atoms with E-state index in [1.165, 1.54) is 0 Å². The van der Waals surface area contributed by atoms with Gasteiger partial charge in [0.05, 0.1) is 5.69 Å². The fourth-order valence-electron chi connectivity index (χ4n) is 3.64. The number of Topliss-reactive ketones (excluding diaryl/α,β-unsaturated/α-hetero) is 1. The van der Waals surface area contributed by atoms with Crippen LogP contribution in [0.3, 0.4) is 0 Å². The predicted molar refractivity (Wildman–Crippen MR) is 109 cm³/mol. The smallest absolute Gasteiger partial charge is 0.220 e. The van der Waals surface area contributed by atoms with Crippen molar-refractivity contribution < 1.29 is 4.79 Å². The molecule has 0 unspecified atom stereocenters. The molecule has 2 N–H and O–H groups in total. The molecule has 1 aromatic carbocycles. The molecular weight excluding hydrogens is 350 g/mol. The molecule has 0 bridgehead atoms. The summed E-state index contributed by atoms with van der Waals surface area (Å²) >= 11 is 0. The van der Waals surface area contributed by atoms with E-state index >= 15 is 0 Å². The molecule has 2 aromatic heterocycles. The Kier molecular flexibility index (Phi) is 4.77. The van der Waals surface area contributed by atoms with Gasteiger partial charge in [0.2, 0.25) is 5.95 Å². The molecule has 1 aliphatic rings. The van der Waals surface area contributed by atoms with Crippen molar-refractivity contribution in [1.29, 1.82) is 0 Å². The van der Waals surface area contributed by atoms with Gasteiger partial charge >= 0.3 is 0 Å². The van der Waals surface area contributed by atoms with E-state index in [2.05, 4.69) is 19.9 Å². The third-order valence-electron chi connectivity index (χ3n) is 5.10. The van der Waals surface area contributed by atoms with Crippen LogP contribution in [0.4, 0.5) is 11.6 Å². The van der Waals surface area contributed by atoms with Crippen LogP contribution in [0.25, 0.3) is 0 Å². The first-order valence-corrected chi connectivity index (χ1v) is 9.40. The highest BCUT2D eigenvalue weighted by Crippen LogP contribution is 2.27. The number of aromatic nitrogens is 3. The molecule has 0 saturated heterocycles. The van der Waals surface area contributed by atoms with Gasteiger partial charge in [0.15, 0.2) is 5.78 Å². The summed E-state index contributed by atoms with van der Waals surface area (Å²) in [6.45, 7) is 5.57. The van der Waals surface area contributed by atoms with Crippen molar-refractivity contribution in [3.8, 4) is 0 Å². The van der Waals surface area contributed by atoms with Gasteiger partial charge in [-0.25, -0.2) is 9.97 Å². The molecule has 6 heteroatoms. The molecule has 28 heavy (non-hydrogen) atoms. The average molecular weight is 373 g/mol. The molecule has 6 nitrogen and oxygen atoms in total. The normalized spacial score (nSPS) is 13.3. The van der Waals surface area contributed by atoms with Crippen LogP contribution in [0.15, 0.2) is 42.7 Å². The van der Waals surface area contributed by atoms with Crippen LogP contribution in [-0.2, 0) is 19.4 Å². The number of ketones is 1. The van der Waals surface area contributed by atoms with Crippen molar-refractivity contribution in [1.82, 2.24) is 15.0 Å². The van der Waals surface area contributed by atoms with Gasteiger partial charge in [-0.3, -0.25) is 9.78 Å². The maximum Gasteiger partial charge on any atom is 0.220 e. The van der Waals surface area contributed by atoms with Crippen molar-refractivity contribution >= 4 is 17.4 Å². The Morgan fingerprint density at radius 3 is 2.86 bits per heavy atom. The Bertz CT molecular complexity index is 1050. The number of nitrogen functional groups attached to an aromatic ring is 1. The van der Waals surface area contributed by atoms with Crippen LogP contribution in [0.2, 0.25) is 0 Å². The summed E-state index contributed by atoms with van der Waals surface area (Å²) in [6.07, 6.45) is 4.74. The van der Waals surface area contributed by atoms with E-state index in [0.29, 0.717) is 24.6 Å². The highest BCUT2D eigenvalue weighted by Gasteiger charge is 2.21. The zero-order chi connectivity index (χ0) is 19.7. The van der Waals surface area contributed by atoms with Crippen molar-refractivity contribution in [2.45, 2.75) is 33.2 Å². The molecule has 0 amide bonds. The molecule has 0 saturated carbocycles. The molecule has 4 rings (SSSR count). The van der Waals surface area contributed by atoms with Crippen LogP contribution in [0, 0.1) is 13.8 Å². The maximum atomic E-state index is 12.8. The highest BCUT2D eigenvalue weighted by molar-refractivity contribution is 5.96. The first-order chi connectivity index (χ1) is 13.5. The van der Waals surface area contributed by atoms with Gasteiger partial charge in [-0.2, -0.15) is 0 Å². The lowest BCUT2D eigenvalue weighted by molar-refractivity contribution is 0.0988. The SMILES string of the molecule is Cc1cccc(CC(=O)c2cc(N3CCc4nc(N)ncc4C3)c(C)cn2)c1.